The van der Waals surface area contributed by atoms with Crippen molar-refractivity contribution in [2.45, 2.75) is 25.9 Å². The van der Waals surface area contributed by atoms with Gasteiger partial charge in [-0.05, 0) is 29.5 Å². The molecular weight excluding hydrogens is 294 g/mol. The quantitative estimate of drug-likeness (QED) is 0.847. The summed E-state index contributed by atoms with van der Waals surface area (Å²) in [5.74, 6) is 0. The van der Waals surface area contributed by atoms with Gasteiger partial charge in [0, 0.05) is 18.5 Å². The molecular formula is C18H19NO2S. The highest BCUT2D eigenvalue weighted by atomic mass is 32.2. The first-order valence-electron chi connectivity index (χ1n) is 7.42. The van der Waals surface area contributed by atoms with E-state index in [0.717, 1.165) is 24.0 Å². The van der Waals surface area contributed by atoms with Crippen LogP contribution >= 0.6 is 0 Å². The molecule has 1 heterocycles. The van der Waals surface area contributed by atoms with E-state index >= 15 is 0 Å². The fraction of sp³-hybridized carbons (Fsp3) is 0.222. The summed E-state index contributed by atoms with van der Waals surface area (Å²) in [4.78, 5) is 0. The summed E-state index contributed by atoms with van der Waals surface area (Å²) in [5, 5.41) is 1.35. The summed E-state index contributed by atoms with van der Waals surface area (Å²) >= 11 is 0. The van der Waals surface area contributed by atoms with Crippen LogP contribution in [0, 0.1) is 0 Å². The lowest BCUT2D eigenvalue weighted by Crippen LogP contribution is -2.23. The topological polar surface area (TPSA) is 37.4 Å². The Morgan fingerprint density at radius 2 is 1.50 bits per heavy atom. The van der Waals surface area contributed by atoms with Crippen molar-refractivity contribution in [3.05, 3.63) is 82.8 Å². The summed E-state index contributed by atoms with van der Waals surface area (Å²) in [7, 11) is -3.33. The highest BCUT2D eigenvalue weighted by molar-refractivity contribution is 7.92. The molecule has 0 N–H and O–H groups in total. The minimum absolute atomic E-state index is 0.474. The van der Waals surface area contributed by atoms with E-state index in [0.29, 0.717) is 13.1 Å². The summed E-state index contributed by atoms with van der Waals surface area (Å²) < 4.78 is 26.2. The molecule has 0 fully saturated rings. The zero-order valence-corrected chi connectivity index (χ0v) is 13.2. The highest BCUT2D eigenvalue weighted by Crippen LogP contribution is 2.25. The molecule has 0 spiro atoms. The molecule has 3 rings (SSSR count). The van der Waals surface area contributed by atoms with E-state index in [1.54, 1.807) is 6.08 Å². The van der Waals surface area contributed by atoms with Crippen molar-refractivity contribution in [2.75, 3.05) is 0 Å². The third-order valence-electron chi connectivity index (χ3n) is 3.88. The van der Waals surface area contributed by atoms with E-state index in [1.807, 2.05) is 42.5 Å². The van der Waals surface area contributed by atoms with Crippen molar-refractivity contribution in [1.29, 1.82) is 0 Å². The lowest BCUT2D eigenvalue weighted by Gasteiger charge is -2.12. The first kappa shape index (κ1) is 15.0. The maximum atomic E-state index is 12.4. The van der Waals surface area contributed by atoms with Crippen LogP contribution in [0.5, 0.6) is 0 Å². The van der Waals surface area contributed by atoms with Gasteiger partial charge in [0.15, 0.2) is 0 Å². The van der Waals surface area contributed by atoms with Gasteiger partial charge in [-0.3, -0.25) is 0 Å². The number of benzene rings is 2. The van der Waals surface area contributed by atoms with Gasteiger partial charge >= 0.3 is 0 Å². The van der Waals surface area contributed by atoms with Gasteiger partial charge in [0.05, 0.1) is 0 Å². The van der Waals surface area contributed by atoms with Crippen LogP contribution in [0.3, 0.4) is 0 Å². The number of fused-ring (bicyclic) bond motifs is 1. The number of hydrogen-bond donors (Lipinski definition) is 0. The molecule has 1 aliphatic heterocycles. The van der Waals surface area contributed by atoms with Gasteiger partial charge in [0.2, 0.25) is 10.0 Å². The fourth-order valence-corrected chi connectivity index (χ4v) is 3.84. The second-order valence-corrected chi connectivity index (χ2v) is 7.30. The molecule has 0 aromatic heterocycles. The average molecular weight is 313 g/mol. The van der Waals surface area contributed by atoms with Crippen LogP contribution < -0.4 is 0 Å². The number of sulfonamides is 1. The molecule has 0 atom stereocenters. The van der Waals surface area contributed by atoms with Crippen molar-refractivity contribution in [3.8, 4) is 0 Å². The third-order valence-corrected chi connectivity index (χ3v) is 5.40. The summed E-state index contributed by atoms with van der Waals surface area (Å²) in [5.41, 5.74) is 3.42. The van der Waals surface area contributed by atoms with Gasteiger partial charge < -0.3 is 0 Å². The Bertz CT molecular complexity index is 742. The Balaban J connectivity index is 1.59. The minimum atomic E-state index is -3.33. The lowest BCUT2D eigenvalue weighted by atomic mass is 10.1. The first-order chi connectivity index (χ1) is 10.6. The Morgan fingerprint density at radius 3 is 2.14 bits per heavy atom. The SMILES string of the molecule is O=S(=O)(C=CCCc1ccccc1)N1Cc2ccccc2C1. The van der Waals surface area contributed by atoms with Crippen molar-refractivity contribution >= 4 is 10.0 Å². The predicted octanol–water partition coefficient (Wildman–Crippen LogP) is 3.48. The number of hydrogen-bond acceptors (Lipinski definition) is 2. The summed E-state index contributed by atoms with van der Waals surface area (Å²) in [6.07, 6.45) is 3.34. The van der Waals surface area contributed by atoms with Gasteiger partial charge in [0.25, 0.3) is 0 Å². The molecule has 0 saturated heterocycles. The van der Waals surface area contributed by atoms with E-state index in [4.69, 9.17) is 0 Å². The number of rotatable bonds is 5. The lowest BCUT2D eigenvalue weighted by molar-refractivity contribution is 0.439. The van der Waals surface area contributed by atoms with Crippen LogP contribution in [0.15, 0.2) is 66.1 Å². The molecule has 22 heavy (non-hydrogen) atoms. The van der Waals surface area contributed by atoms with Gasteiger partial charge in [-0.1, -0.05) is 60.7 Å². The van der Waals surface area contributed by atoms with E-state index in [9.17, 15) is 8.42 Å². The van der Waals surface area contributed by atoms with Crippen LogP contribution in [0.4, 0.5) is 0 Å². The van der Waals surface area contributed by atoms with Crippen LogP contribution in [0.1, 0.15) is 23.1 Å². The molecule has 0 aliphatic carbocycles. The molecule has 114 valence electrons. The van der Waals surface area contributed by atoms with Gasteiger partial charge in [-0.2, -0.15) is 4.31 Å². The van der Waals surface area contributed by atoms with Crippen molar-refractivity contribution in [2.24, 2.45) is 0 Å². The Morgan fingerprint density at radius 1 is 0.909 bits per heavy atom. The molecule has 0 saturated carbocycles. The maximum Gasteiger partial charge on any atom is 0.236 e. The van der Waals surface area contributed by atoms with Crippen molar-refractivity contribution in [3.63, 3.8) is 0 Å². The van der Waals surface area contributed by atoms with Crippen LogP contribution in [-0.2, 0) is 29.5 Å². The second-order valence-electron chi connectivity index (χ2n) is 5.48. The van der Waals surface area contributed by atoms with E-state index < -0.39 is 10.0 Å². The van der Waals surface area contributed by atoms with Crippen LogP contribution in [0.25, 0.3) is 0 Å². The predicted molar refractivity (Wildman–Crippen MR) is 88.5 cm³/mol. The molecule has 4 heteroatoms. The molecule has 2 aromatic carbocycles. The standard InChI is InChI=1S/C18H19NO2S/c20-22(21,13-7-6-10-16-8-2-1-3-9-16)19-14-17-11-4-5-12-18(17)15-19/h1-5,7-9,11-13H,6,10,14-15H2. The summed E-state index contributed by atoms with van der Waals surface area (Å²) in [6.45, 7) is 0.947. The van der Waals surface area contributed by atoms with Crippen LogP contribution in [0.2, 0.25) is 0 Å². The Labute approximate surface area is 132 Å². The highest BCUT2D eigenvalue weighted by Gasteiger charge is 2.26. The van der Waals surface area contributed by atoms with E-state index in [-0.39, 0.29) is 0 Å². The Kier molecular flexibility index (Phi) is 4.41. The normalized spacial score (nSPS) is 15.3. The monoisotopic (exact) mass is 313 g/mol. The second kappa shape index (κ2) is 6.46. The van der Waals surface area contributed by atoms with Gasteiger partial charge in [0.1, 0.15) is 0 Å². The molecule has 2 aromatic rings. The fourth-order valence-electron chi connectivity index (χ4n) is 2.65. The molecule has 0 amide bonds. The number of aryl methyl sites for hydroxylation is 1. The zero-order valence-electron chi connectivity index (χ0n) is 12.4. The van der Waals surface area contributed by atoms with Gasteiger partial charge in [-0.25, -0.2) is 8.42 Å². The first-order valence-corrected chi connectivity index (χ1v) is 8.93. The minimum Gasteiger partial charge on any atom is -0.207 e. The van der Waals surface area contributed by atoms with E-state index in [2.05, 4.69) is 12.1 Å². The van der Waals surface area contributed by atoms with Crippen molar-refractivity contribution < 1.29 is 8.42 Å². The molecule has 3 nitrogen and oxygen atoms in total. The largest absolute Gasteiger partial charge is 0.236 e. The third kappa shape index (κ3) is 3.46. The van der Waals surface area contributed by atoms with Gasteiger partial charge in [-0.15, -0.1) is 0 Å². The molecule has 0 bridgehead atoms. The maximum absolute atomic E-state index is 12.4. The molecule has 0 unspecified atom stereocenters. The number of allylic oxidation sites excluding steroid dienone is 1. The summed E-state index contributed by atoms with van der Waals surface area (Å²) in [6, 6.07) is 18.0. The smallest absolute Gasteiger partial charge is 0.207 e. The van der Waals surface area contributed by atoms with E-state index in [1.165, 1.54) is 15.3 Å². The number of nitrogens with zero attached hydrogens (tertiary/aromatic N) is 1. The molecule has 1 aliphatic rings. The molecule has 0 radical (unpaired) electrons. The van der Waals surface area contributed by atoms with Crippen molar-refractivity contribution in [1.82, 2.24) is 4.31 Å². The zero-order chi connectivity index (χ0) is 15.4. The average Bonchev–Trinajstić information content (AvgIpc) is 2.98. The Hall–Kier alpha value is -1.91. The van der Waals surface area contributed by atoms with Crippen LogP contribution in [-0.4, -0.2) is 12.7 Å².